The predicted octanol–water partition coefficient (Wildman–Crippen LogP) is 2.31. The Labute approximate surface area is 117 Å². The zero-order valence-corrected chi connectivity index (χ0v) is 13.0. The van der Waals surface area contributed by atoms with Crippen LogP contribution >= 0.6 is 31.9 Å². The Morgan fingerprint density at radius 2 is 2.06 bits per heavy atom. The number of anilines is 1. The van der Waals surface area contributed by atoms with Crippen LogP contribution in [-0.2, 0) is 4.79 Å². The Bertz CT molecular complexity index is 431. The Morgan fingerprint density at radius 1 is 1.47 bits per heavy atom. The van der Waals surface area contributed by atoms with Crippen LogP contribution in [0.4, 0.5) is 5.82 Å². The molecule has 0 aliphatic carbocycles. The summed E-state index contributed by atoms with van der Waals surface area (Å²) in [4.78, 5) is 20.0. The molecule has 0 unspecified atom stereocenters. The number of hydrogen-bond donors (Lipinski definition) is 2. The van der Waals surface area contributed by atoms with E-state index in [-0.39, 0.29) is 11.3 Å². The second-order valence-corrected chi connectivity index (χ2v) is 6.23. The quantitative estimate of drug-likeness (QED) is 0.842. The third kappa shape index (κ3) is 4.01. The number of amides is 1. The van der Waals surface area contributed by atoms with E-state index in [1.165, 1.54) is 6.20 Å². The van der Waals surface area contributed by atoms with Gasteiger partial charge < -0.3 is 11.1 Å². The second kappa shape index (κ2) is 5.41. The van der Waals surface area contributed by atoms with Gasteiger partial charge in [0.05, 0.1) is 12.2 Å². The summed E-state index contributed by atoms with van der Waals surface area (Å²) in [7, 11) is 0. The number of aromatic nitrogens is 2. The number of nitrogens with two attached hydrogens (primary N) is 1. The monoisotopic (exact) mass is 364 g/mol. The van der Waals surface area contributed by atoms with Gasteiger partial charge in [0.15, 0.2) is 5.82 Å². The predicted molar refractivity (Wildman–Crippen MR) is 73.5 cm³/mol. The van der Waals surface area contributed by atoms with Gasteiger partial charge in [-0.1, -0.05) is 20.8 Å². The zero-order chi connectivity index (χ0) is 13.2. The Kier molecular flexibility index (Phi) is 4.62. The van der Waals surface area contributed by atoms with E-state index in [9.17, 15) is 4.79 Å². The molecule has 0 bridgehead atoms. The molecule has 1 aromatic heterocycles. The number of nitrogens with zero attached hydrogens (tertiary/aromatic N) is 2. The minimum atomic E-state index is -0.611. The summed E-state index contributed by atoms with van der Waals surface area (Å²) in [5, 5.41) is 2.64. The lowest BCUT2D eigenvalue weighted by atomic mass is 9.87. The molecule has 94 valence electrons. The molecule has 5 nitrogen and oxygen atoms in total. The summed E-state index contributed by atoms with van der Waals surface area (Å²) in [5.41, 5.74) is 5.53. The SMILES string of the molecule is CC(C)(C)[C@H](N)C(=O)Nc1ncc(Br)nc1Br. The van der Waals surface area contributed by atoms with E-state index in [1.54, 1.807) is 0 Å². The van der Waals surface area contributed by atoms with Gasteiger partial charge in [-0.05, 0) is 37.3 Å². The van der Waals surface area contributed by atoms with Crippen LogP contribution in [0.2, 0.25) is 0 Å². The van der Waals surface area contributed by atoms with Crippen molar-refractivity contribution in [3.8, 4) is 0 Å². The smallest absolute Gasteiger partial charge is 0.243 e. The van der Waals surface area contributed by atoms with Crippen LogP contribution < -0.4 is 11.1 Å². The Balaban J connectivity index is 2.82. The van der Waals surface area contributed by atoms with Crippen LogP contribution in [0.25, 0.3) is 0 Å². The largest absolute Gasteiger partial charge is 0.319 e. The van der Waals surface area contributed by atoms with Crippen molar-refractivity contribution in [2.45, 2.75) is 26.8 Å². The fourth-order valence-electron chi connectivity index (χ4n) is 1.02. The van der Waals surface area contributed by atoms with Gasteiger partial charge in [0, 0.05) is 0 Å². The molecule has 17 heavy (non-hydrogen) atoms. The minimum absolute atomic E-state index is 0.283. The standard InChI is InChI=1S/C10H14Br2N4O/c1-10(2,3)6(13)9(17)16-8-7(12)15-5(11)4-14-8/h4,6H,13H2,1-3H3,(H,14,16,17)/t6-/m1/s1. The van der Waals surface area contributed by atoms with Crippen molar-refractivity contribution in [1.29, 1.82) is 0 Å². The fourth-order valence-corrected chi connectivity index (χ4v) is 1.93. The van der Waals surface area contributed by atoms with Gasteiger partial charge in [0.25, 0.3) is 0 Å². The highest BCUT2D eigenvalue weighted by Crippen LogP contribution is 2.22. The summed E-state index contributed by atoms with van der Waals surface area (Å²) < 4.78 is 1.05. The van der Waals surface area contributed by atoms with Crippen molar-refractivity contribution in [2.75, 3.05) is 5.32 Å². The number of carbonyl (C=O) groups is 1. The van der Waals surface area contributed by atoms with E-state index in [2.05, 4.69) is 47.1 Å². The van der Waals surface area contributed by atoms with Gasteiger partial charge in [-0.2, -0.15) is 0 Å². The van der Waals surface area contributed by atoms with Crippen molar-refractivity contribution >= 4 is 43.6 Å². The van der Waals surface area contributed by atoms with E-state index in [0.29, 0.717) is 15.0 Å². The van der Waals surface area contributed by atoms with Crippen molar-refractivity contribution < 1.29 is 4.79 Å². The number of nitrogens with one attached hydrogen (secondary N) is 1. The molecule has 0 spiro atoms. The molecule has 0 radical (unpaired) electrons. The van der Waals surface area contributed by atoms with Crippen LogP contribution in [0.3, 0.4) is 0 Å². The number of hydrogen-bond acceptors (Lipinski definition) is 4. The molecule has 1 aromatic rings. The fraction of sp³-hybridized carbons (Fsp3) is 0.500. The molecule has 1 amide bonds. The topological polar surface area (TPSA) is 80.9 Å². The van der Waals surface area contributed by atoms with Crippen molar-refractivity contribution in [3.05, 3.63) is 15.4 Å². The molecule has 0 fully saturated rings. The first-order valence-corrected chi connectivity index (χ1v) is 6.55. The molecular formula is C10H14Br2N4O. The van der Waals surface area contributed by atoms with Gasteiger partial charge in [-0.25, -0.2) is 9.97 Å². The Morgan fingerprint density at radius 3 is 2.53 bits per heavy atom. The lowest BCUT2D eigenvalue weighted by Gasteiger charge is -2.25. The number of carbonyl (C=O) groups excluding carboxylic acids is 1. The van der Waals surface area contributed by atoms with E-state index < -0.39 is 6.04 Å². The van der Waals surface area contributed by atoms with Crippen LogP contribution in [0, 0.1) is 5.41 Å². The lowest BCUT2D eigenvalue weighted by Crippen LogP contribution is -2.45. The van der Waals surface area contributed by atoms with Crippen LogP contribution in [0.15, 0.2) is 15.4 Å². The first-order valence-electron chi connectivity index (χ1n) is 4.96. The summed E-state index contributed by atoms with van der Waals surface area (Å²) in [6, 6.07) is -0.611. The van der Waals surface area contributed by atoms with Gasteiger partial charge in [-0.3, -0.25) is 4.79 Å². The summed E-state index contributed by atoms with van der Waals surface area (Å²) in [5.74, 6) is 0.0766. The van der Waals surface area contributed by atoms with Gasteiger partial charge in [0.1, 0.15) is 9.21 Å². The second-order valence-electron chi connectivity index (χ2n) is 4.67. The van der Waals surface area contributed by atoms with E-state index in [0.717, 1.165) is 0 Å². The summed E-state index contributed by atoms with van der Waals surface area (Å²) in [6.45, 7) is 5.71. The third-order valence-electron chi connectivity index (χ3n) is 2.16. The minimum Gasteiger partial charge on any atom is -0.319 e. The van der Waals surface area contributed by atoms with E-state index in [4.69, 9.17) is 5.73 Å². The van der Waals surface area contributed by atoms with Gasteiger partial charge in [0.2, 0.25) is 5.91 Å². The highest BCUT2D eigenvalue weighted by molar-refractivity contribution is 9.11. The molecule has 0 saturated heterocycles. The highest BCUT2D eigenvalue weighted by atomic mass is 79.9. The average molecular weight is 366 g/mol. The third-order valence-corrected chi connectivity index (χ3v) is 3.09. The molecule has 0 saturated carbocycles. The Hall–Kier alpha value is -0.530. The summed E-state index contributed by atoms with van der Waals surface area (Å²) >= 11 is 6.40. The zero-order valence-electron chi connectivity index (χ0n) is 9.79. The highest BCUT2D eigenvalue weighted by Gasteiger charge is 2.28. The molecule has 0 aliphatic heterocycles. The van der Waals surface area contributed by atoms with Crippen LogP contribution in [0.1, 0.15) is 20.8 Å². The molecule has 7 heteroatoms. The molecule has 1 atom stereocenters. The van der Waals surface area contributed by atoms with Gasteiger partial charge in [-0.15, -0.1) is 0 Å². The van der Waals surface area contributed by atoms with Crippen LogP contribution in [0.5, 0.6) is 0 Å². The van der Waals surface area contributed by atoms with Crippen molar-refractivity contribution in [2.24, 2.45) is 11.1 Å². The molecule has 0 aliphatic rings. The maximum absolute atomic E-state index is 11.9. The molecule has 1 rings (SSSR count). The summed E-state index contributed by atoms with van der Waals surface area (Å²) in [6.07, 6.45) is 1.50. The number of halogens is 2. The van der Waals surface area contributed by atoms with Crippen molar-refractivity contribution in [1.82, 2.24) is 9.97 Å². The molecule has 1 heterocycles. The number of rotatable bonds is 2. The van der Waals surface area contributed by atoms with E-state index in [1.807, 2.05) is 20.8 Å². The maximum Gasteiger partial charge on any atom is 0.243 e. The molecule has 0 aromatic carbocycles. The first kappa shape index (κ1) is 14.5. The lowest BCUT2D eigenvalue weighted by molar-refractivity contribution is -0.119. The molecule has 3 N–H and O–H groups in total. The maximum atomic E-state index is 11.9. The molecular weight excluding hydrogens is 352 g/mol. The first-order chi connectivity index (χ1) is 7.71. The van der Waals surface area contributed by atoms with Gasteiger partial charge >= 0.3 is 0 Å². The normalized spacial score (nSPS) is 13.3. The average Bonchev–Trinajstić information content (AvgIpc) is 2.19. The van der Waals surface area contributed by atoms with E-state index >= 15 is 0 Å². The van der Waals surface area contributed by atoms with Crippen LogP contribution in [-0.4, -0.2) is 21.9 Å². The van der Waals surface area contributed by atoms with Crippen molar-refractivity contribution in [3.63, 3.8) is 0 Å².